The first-order valence-corrected chi connectivity index (χ1v) is 17.5. The Hall–Kier alpha value is -3.48. The summed E-state index contributed by atoms with van der Waals surface area (Å²) in [5, 5.41) is 0. The average Bonchev–Trinajstić information content (AvgIpc) is 2.96. The molecule has 6 heteroatoms. The van der Waals surface area contributed by atoms with E-state index in [1.807, 2.05) is 36.4 Å². The molecular formula is C36H40O4S2. The minimum atomic E-state index is -4.37. The van der Waals surface area contributed by atoms with Crippen LogP contribution in [0.4, 0.5) is 0 Å². The quantitative estimate of drug-likeness (QED) is 0.165. The topological polar surface area (TPSA) is 68.3 Å². The molecule has 0 heterocycles. The maximum atomic E-state index is 14.5. The highest BCUT2D eigenvalue weighted by molar-refractivity contribution is 8.09. The molecule has 0 aromatic heterocycles. The van der Waals surface area contributed by atoms with Crippen LogP contribution in [-0.2, 0) is 32.5 Å². The molecule has 4 aromatic rings. The van der Waals surface area contributed by atoms with E-state index in [2.05, 4.69) is 27.7 Å². The summed E-state index contributed by atoms with van der Waals surface area (Å²) in [7, 11) is -8.74. The van der Waals surface area contributed by atoms with Crippen molar-refractivity contribution in [2.75, 3.05) is 0 Å². The van der Waals surface area contributed by atoms with E-state index in [1.54, 1.807) is 84.9 Å². The van der Waals surface area contributed by atoms with E-state index in [1.165, 1.54) is 0 Å². The van der Waals surface area contributed by atoms with E-state index in [-0.39, 0.29) is 9.79 Å². The van der Waals surface area contributed by atoms with Gasteiger partial charge in [-0.2, -0.15) is 0 Å². The fourth-order valence-corrected chi connectivity index (χ4v) is 10.0. The van der Waals surface area contributed by atoms with Gasteiger partial charge in [-0.1, -0.05) is 125 Å². The van der Waals surface area contributed by atoms with Gasteiger partial charge >= 0.3 is 0 Å². The highest BCUT2D eigenvalue weighted by Crippen LogP contribution is 2.38. The van der Waals surface area contributed by atoms with Crippen LogP contribution in [0.25, 0.3) is 6.08 Å². The predicted molar refractivity (Wildman–Crippen MR) is 173 cm³/mol. The second kappa shape index (κ2) is 13.7. The lowest BCUT2D eigenvalue weighted by molar-refractivity contribution is 0.567. The molecule has 4 rings (SSSR count). The smallest absolute Gasteiger partial charge is 0.196 e. The first-order chi connectivity index (χ1) is 20.0. The summed E-state index contributed by atoms with van der Waals surface area (Å²) in [6.45, 7) is 8.40. The molecule has 0 saturated heterocycles. The molecule has 0 amide bonds. The summed E-state index contributed by atoms with van der Waals surface area (Å²) in [6, 6.07) is 31.8. The summed E-state index contributed by atoms with van der Waals surface area (Å²) in [5.41, 5.74) is 3.47. The van der Waals surface area contributed by atoms with Crippen LogP contribution in [0.15, 0.2) is 125 Å². The second-order valence-electron chi connectivity index (χ2n) is 11.6. The molecule has 0 saturated carbocycles. The van der Waals surface area contributed by atoms with Crippen LogP contribution in [0.1, 0.15) is 55.9 Å². The van der Waals surface area contributed by atoms with Crippen molar-refractivity contribution >= 4 is 25.8 Å². The van der Waals surface area contributed by atoms with Gasteiger partial charge in [0.25, 0.3) is 0 Å². The Morgan fingerprint density at radius 2 is 0.952 bits per heavy atom. The van der Waals surface area contributed by atoms with E-state index < -0.39 is 30.2 Å². The maximum absolute atomic E-state index is 14.5. The van der Waals surface area contributed by atoms with Crippen LogP contribution in [0.5, 0.6) is 0 Å². The van der Waals surface area contributed by atoms with Crippen molar-refractivity contribution in [3.8, 4) is 0 Å². The SMILES string of the molecule is CC(C)Cc1ccc(S(=O)(=O)C([C@H](/C=C/c2ccccc2)c2ccccc2)S(=O)(=O)c2ccc(CC(C)C)cc2)cc1. The number of benzene rings is 4. The Morgan fingerprint density at radius 1 is 0.548 bits per heavy atom. The summed E-state index contributed by atoms with van der Waals surface area (Å²) in [4.78, 5) is -0.0110. The van der Waals surface area contributed by atoms with Gasteiger partial charge in [0, 0.05) is 5.92 Å². The molecule has 1 atom stereocenters. The Balaban J connectivity index is 1.90. The third-order valence-electron chi connectivity index (χ3n) is 7.18. The summed E-state index contributed by atoms with van der Waals surface area (Å²) < 4.78 is 56.3. The number of allylic oxidation sites excluding steroid dienone is 1. The Morgan fingerprint density at radius 3 is 1.36 bits per heavy atom. The van der Waals surface area contributed by atoms with E-state index in [4.69, 9.17) is 0 Å². The molecule has 42 heavy (non-hydrogen) atoms. The zero-order valence-corrected chi connectivity index (χ0v) is 26.4. The fourth-order valence-electron chi connectivity index (χ4n) is 5.21. The zero-order valence-electron chi connectivity index (χ0n) is 24.7. The third-order valence-corrected chi connectivity index (χ3v) is 12.4. The van der Waals surface area contributed by atoms with E-state index >= 15 is 0 Å². The lowest BCUT2D eigenvalue weighted by Crippen LogP contribution is -2.36. The van der Waals surface area contributed by atoms with Crippen LogP contribution in [-0.4, -0.2) is 21.4 Å². The highest BCUT2D eigenvalue weighted by Gasteiger charge is 2.45. The number of rotatable bonds is 12. The second-order valence-corrected chi connectivity index (χ2v) is 16.1. The molecule has 0 aliphatic rings. The van der Waals surface area contributed by atoms with E-state index in [0.29, 0.717) is 17.4 Å². The van der Waals surface area contributed by atoms with Gasteiger partial charge in [0.2, 0.25) is 0 Å². The van der Waals surface area contributed by atoms with Crippen molar-refractivity contribution < 1.29 is 16.8 Å². The summed E-state index contributed by atoms with van der Waals surface area (Å²) in [5.74, 6) is -0.151. The van der Waals surface area contributed by atoms with E-state index in [0.717, 1.165) is 29.5 Å². The summed E-state index contributed by atoms with van der Waals surface area (Å²) in [6.07, 6.45) is 5.12. The van der Waals surface area contributed by atoms with Gasteiger partial charge in [0.15, 0.2) is 24.3 Å². The average molecular weight is 601 g/mol. The lowest BCUT2D eigenvalue weighted by atomic mass is 9.99. The largest absolute Gasteiger partial charge is 0.222 e. The van der Waals surface area contributed by atoms with Gasteiger partial charge < -0.3 is 0 Å². The van der Waals surface area contributed by atoms with Crippen molar-refractivity contribution in [3.05, 3.63) is 138 Å². The zero-order chi connectivity index (χ0) is 30.3. The van der Waals surface area contributed by atoms with E-state index in [9.17, 15) is 16.8 Å². The minimum Gasteiger partial charge on any atom is -0.222 e. The molecule has 0 N–H and O–H groups in total. The van der Waals surface area contributed by atoms with Gasteiger partial charge in [0.1, 0.15) is 0 Å². The van der Waals surface area contributed by atoms with Gasteiger partial charge in [-0.25, -0.2) is 16.8 Å². The van der Waals surface area contributed by atoms with Gasteiger partial charge in [-0.05, 0) is 71.2 Å². The molecule has 0 aliphatic carbocycles. The van der Waals surface area contributed by atoms with Gasteiger partial charge in [-0.3, -0.25) is 0 Å². The molecule has 0 spiro atoms. The third kappa shape index (κ3) is 7.67. The number of hydrogen-bond acceptors (Lipinski definition) is 4. The molecule has 0 unspecified atom stereocenters. The number of sulfone groups is 2. The molecule has 0 radical (unpaired) electrons. The summed E-state index contributed by atoms with van der Waals surface area (Å²) >= 11 is 0. The van der Waals surface area contributed by atoms with Gasteiger partial charge in [0.05, 0.1) is 9.79 Å². The number of hydrogen-bond donors (Lipinski definition) is 0. The van der Waals surface area contributed by atoms with Crippen molar-refractivity contribution in [1.82, 2.24) is 0 Å². The molecule has 220 valence electrons. The molecule has 0 aliphatic heterocycles. The van der Waals surface area contributed by atoms with Crippen LogP contribution < -0.4 is 0 Å². The van der Waals surface area contributed by atoms with Crippen LogP contribution >= 0.6 is 0 Å². The molecule has 0 fully saturated rings. The molecule has 4 aromatic carbocycles. The first-order valence-electron chi connectivity index (χ1n) is 14.4. The first kappa shape index (κ1) is 31.5. The molecule has 4 nitrogen and oxygen atoms in total. The highest BCUT2D eigenvalue weighted by atomic mass is 32.3. The van der Waals surface area contributed by atoms with Crippen LogP contribution in [0.2, 0.25) is 0 Å². The lowest BCUT2D eigenvalue weighted by Gasteiger charge is -2.26. The molecule has 0 bridgehead atoms. The Kier molecular flexibility index (Phi) is 10.2. The van der Waals surface area contributed by atoms with Gasteiger partial charge in [-0.15, -0.1) is 0 Å². The maximum Gasteiger partial charge on any atom is 0.196 e. The van der Waals surface area contributed by atoms with Crippen molar-refractivity contribution in [2.24, 2.45) is 11.8 Å². The normalized spacial score (nSPS) is 13.3. The molecular weight excluding hydrogens is 561 g/mol. The van der Waals surface area contributed by atoms with Crippen LogP contribution in [0, 0.1) is 11.8 Å². The van der Waals surface area contributed by atoms with Crippen molar-refractivity contribution in [3.63, 3.8) is 0 Å². The van der Waals surface area contributed by atoms with Crippen LogP contribution in [0.3, 0.4) is 0 Å². The standard InChI is InChI=1S/C36H40O4S2/c1-27(2)25-30-15-20-33(21-16-30)41(37,38)36(42(39,40)34-22-17-31(18-23-34)26-28(3)4)35(32-13-9-6-10-14-32)24-19-29-11-7-5-8-12-29/h5-24,27-28,35-36H,25-26H2,1-4H3/b24-19+/t35-/m1/s1. The Bertz CT molecular complexity index is 1590. The Labute approximate surface area is 252 Å². The van der Waals surface area contributed by atoms with Crippen molar-refractivity contribution in [1.29, 1.82) is 0 Å². The predicted octanol–water partition coefficient (Wildman–Crippen LogP) is 8.15. The fraction of sp³-hybridized carbons (Fsp3) is 0.278. The minimum absolute atomic E-state index is 0.00551. The monoisotopic (exact) mass is 600 g/mol. The van der Waals surface area contributed by atoms with Crippen molar-refractivity contribution in [2.45, 2.75) is 60.8 Å².